The standard InChI is InChI=1S/C19H34N2O4/c1-17(2,3)25-16(24)21-12-14(11-19(21,6)15(22)23)20-13-7-9-18(4,5)10-8-13/h13-14,20H,7-12H2,1-6H3,(H,22,23)/t14-,19+/m0/s1. The first-order chi connectivity index (χ1) is 11.3. The fraction of sp³-hybridized carbons (Fsp3) is 0.895. The highest BCUT2D eigenvalue weighted by molar-refractivity contribution is 5.85. The highest BCUT2D eigenvalue weighted by Gasteiger charge is 2.51. The van der Waals surface area contributed by atoms with Crippen LogP contribution in [0, 0.1) is 5.41 Å². The minimum absolute atomic E-state index is 0.0140. The van der Waals surface area contributed by atoms with Crippen LogP contribution in [0.15, 0.2) is 0 Å². The first kappa shape index (κ1) is 20.0. The number of rotatable bonds is 3. The lowest BCUT2D eigenvalue weighted by Crippen LogP contribution is -2.52. The molecule has 25 heavy (non-hydrogen) atoms. The van der Waals surface area contributed by atoms with Gasteiger partial charge in [0.25, 0.3) is 0 Å². The predicted molar refractivity (Wildman–Crippen MR) is 96.6 cm³/mol. The van der Waals surface area contributed by atoms with Crippen LogP contribution < -0.4 is 5.32 Å². The molecule has 2 N–H and O–H groups in total. The van der Waals surface area contributed by atoms with Crippen LogP contribution in [0.2, 0.25) is 0 Å². The number of aliphatic carboxylic acids is 1. The van der Waals surface area contributed by atoms with Gasteiger partial charge in [0.05, 0.1) is 0 Å². The van der Waals surface area contributed by atoms with E-state index in [0.29, 0.717) is 24.4 Å². The number of ether oxygens (including phenoxy) is 1. The van der Waals surface area contributed by atoms with Crippen LogP contribution in [0.3, 0.4) is 0 Å². The van der Waals surface area contributed by atoms with Crippen LogP contribution in [0.4, 0.5) is 4.79 Å². The zero-order valence-corrected chi connectivity index (χ0v) is 16.5. The minimum atomic E-state index is -1.23. The average molecular weight is 354 g/mol. The molecule has 6 heteroatoms. The molecule has 0 bridgehead atoms. The molecule has 2 fully saturated rings. The van der Waals surface area contributed by atoms with E-state index < -0.39 is 23.2 Å². The van der Waals surface area contributed by atoms with E-state index in [4.69, 9.17) is 4.74 Å². The molecule has 144 valence electrons. The van der Waals surface area contributed by atoms with Crippen molar-refractivity contribution in [2.45, 2.75) is 96.9 Å². The predicted octanol–water partition coefficient (Wildman–Crippen LogP) is 3.40. The van der Waals surface area contributed by atoms with E-state index in [-0.39, 0.29) is 6.04 Å². The van der Waals surface area contributed by atoms with E-state index in [1.54, 1.807) is 27.7 Å². The molecule has 6 nitrogen and oxygen atoms in total. The van der Waals surface area contributed by atoms with E-state index in [0.717, 1.165) is 12.8 Å². The summed E-state index contributed by atoms with van der Waals surface area (Å²) in [5, 5.41) is 13.3. The van der Waals surface area contributed by atoms with E-state index in [2.05, 4.69) is 19.2 Å². The van der Waals surface area contributed by atoms with Gasteiger partial charge in [-0.05, 0) is 65.2 Å². The van der Waals surface area contributed by atoms with Crippen LogP contribution in [0.1, 0.15) is 73.6 Å². The minimum Gasteiger partial charge on any atom is -0.480 e. The van der Waals surface area contributed by atoms with Gasteiger partial charge < -0.3 is 15.2 Å². The van der Waals surface area contributed by atoms with E-state index in [9.17, 15) is 14.7 Å². The van der Waals surface area contributed by atoms with E-state index >= 15 is 0 Å². The van der Waals surface area contributed by atoms with E-state index in [1.165, 1.54) is 17.7 Å². The summed E-state index contributed by atoms with van der Waals surface area (Å²) in [6.45, 7) is 12.0. The molecule has 1 saturated heterocycles. The molecular weight excluding hydrogens is 320 g/mol. The Bertz CT molecular complexity index is 516. The molecule has 0 aromatic heterocycles. The van der Waals surface area contributed by atoms with Crippen LogP contribution >= 0.6 is 0 Å². The first-order valence-corrected chi connectivity index (χ1v) is 9.32. The summed E-state index contributed by atoms with van der Waals surface area (Å²) in [4.78, 5) is 25.7. The zero-order chi connectivity index (χ0) is 19.0. The Labute approximate surface area is 151 Å². The molecule has 1 amide bonds. The van der Waals surface area contributed by atoms with Crippen molar-refractivity contribution in [3.8, 4) is 0 Å². The van der Waals surface area contributed by atoms with Crippen molar-refractivity contribution in [1.29, 1.82) is 0 Å². The molecule has 1 aliphatic carbocycles. The summed E-state index contributed by atoms with van der Waals surface area (Å²) in [6, 6.07) is 0.384. The SMILES string of the molecule is CC1(C)CCC(N[C@@H]2CN(C(=O)OC(C)(C)C)[C@@](C)(C(=O)O)C2)CC1. The number of likely N-dealkylation sites (tertiary alicyclic amines) is 1. The first-order valence-electron chi connectivity index (χ1n) is 9.32. The molecule has 1 saturated carbocycles. The van der Waals surface area contributed by atoms with Crippen LogP contribution in [-0.2, 0) is 9.53 Å². The van der Waals surface area contributed by atoms with Gasteiger partial charge in [0.1, 0.15) is 11.1 Å². The van der Waals surface area contributed by atoms with Crippen molar-refractivity contribution in [1.82, 2.24) is 10.2 Å². The van der Waals surface area contributed by atoms with Crippen molar-refractivity contribution < 1.29 is 19.4 Å². The number of carboxylic acid groups (broad SMARTS) is 1. The van der Waals surface area contributed by atoms with Crippen molar-refractivity contribution in [3.05, 3.63) is 0 Å². The van der Waals surface area contributed by atoms with Gasteiger partial charge >= 0.3 is 12.1 Å². The number of hydrogen-bond acceptors (Lipinski definition) is 4. The van der Waals surface area contributed by atoms with Gasteiger partial charge in [-0.25, -0.2) is 9.59 Å². The largest absolute Gasteiger partial charge is 0.480 e. The summed E-state index contributed by atoms with van der Waals surface area (Å²) < 4.78 is 5.43. The van der Waals surface area contributed by atoms with Gasteiger partial charge in [0, 0.05) is 18.6 Å². The number of nitrogens with zero attached hydrogens (tertiary/aromatic N) is 1. The van der Waals surface area contributed by atoms with Gasteiger partial charge in [0.15, 0.2) is 0 Å². The smallest absolute Gasteiger partial charge is 0.411 e. The van der Waals surface area contributed by atoms with Gasteiger partial charge in [-0.15, -0.1) is 0 Å². The number of hydrogen-bond donors (Lipinski definition) is 2. The lowest BCUT2D eigenvalue weighted by atomic mass is 9.75. The quantitative estimate of drug-likeness (QED) is 0.812. The fourth-order valence-corrected chi connectivity index (χ4v) is 3.88. The van der Waals surface area contributed by atoms with E-state index in [1.807, 2.05) is 0 Å². The Morgan fingerprint density at radius 3 is 2.16 bits per heavy atom. The lowest BCUT2D eigenvalue weighted by Gasteiger charge is -2.36. The average Bonchev–Trinajstić information content (AvgIpc) is 2.78. The Hall–Kier alpha value is -1.30. The third-order valence-electron chi connectivity index (χ3n) is 5.53. The number of carboxylic acids is 1. The molecule has 0 unspecified atom stereocenters. The second kappa shape index (κ2) is 6.78. The molecule has 0 aromatic rings. The Kier molecular flexibility index (Phi) is 5.43. The Balaban J connectivity index is 2.04. The highest BCUT2D eigenvalue weighted by Crippen LogP contribution is 2.37. The maximum atomic E-state index is 12.5. The topological polar surface area (TPSA) is 78.9 Å². The van der Waals surface area contributed by atoms with Crippen molar-refractivity contribution in [2.24, 2.45) is 5.41 Å². The second-order valence-electron chi connectivity index (χ2n) is 9.68. The maximum Gasteiger partial charge on any atom is 0.411 e. The molecular formula is C19H34N2O4. The molecule has 1 aliphatic heterocycles. The third-order valence-corrected chi connectivity index (χ3v) is 5.53. The number of amides is 1. The number of carbonyl (C=O) groups is 2. The Morgan fingerprint density at radius 1 is 1.12 bits per heavy atom. The van der Waals surface area contributed by atoms with Crippen LogP contribution in [-0.4, -0.2) is 51.8 Å². The Morgan fingerprint density at radius 2 is 1.68 bits per heavy atom. The summed E-state index contributed by atoms with van der Waals surface area (Å²) in [5.41, 5.74) is -1.48. The summed E-state index contributed by atoms with van der Waals surface area (Å²) in [5.74, 6) is -0.979. The normalized spacial score (nSPS) is 30.3. The number of nitrogens with one attached hydrogen (secondary N) is 1. The van der Waals surface area contributed by atoms with Crippen molar-refractivity contribution >= 4 is 12.1 Å². The highest BCUT2D eigenvalue weighted by atomic mass is 16.6. The third kappa shape index (κ3) is 4.87. The van der Waals surface area contributed by atoms with Gasteiger partial charge in [-0.3, -0.25) is 4.90 Å². The molecule has 0 spiro atoms. The zero-order valence-electron chi connectivity index (χ0n) is 16.5. The summed E-state index contributed by atoms with van der Waals surface area (Å²) in [7, 11) is 0. The van der Waals surface area contributed by atoms with Crippen LogP contribution in [0.25, 0.3) is 0 Å². The summed E-state index contributed by atoms with van der Waals surface area (Å²) >= 11 is 0. The molecule has 2 rings (SSSR count). The maximum absolute atomic E-state index is 12.5. The molecule has 2 aliphatic rings. The number of carbonyl (C=O) groups excluding carboxylic acids is 1. The molecule has 2 atom stereocenters. The molecule has 1 heterocycles. The molecule has 0 aromatic carbocycles. The van der Waals surface area contributed by atoms with Gasteiger partial charge in [-0.2, -0.15) is 0 Å². The van der Waals surface area contributed by atoms with Crippen molar-refractivity contribution in [2.75, 3.05) is 6.54 Å². The molecule has 0 radical (unpaired) electrons. The van der Waals surface area contributed by atoms with Crippen LogP contribution in [0.5, 0.6) is 0 Å². The lowest BCUT2D eigenvalue weighted by molar-refractivity contribution is -0.148. The summed E-state index contributed by atoms with van der Waals surface area (Å²) in [6.07, 6.45) is 4.39. The fourth-order valence-electron chi connectivity index (χ4n) is 3.88. The van der Waals surface area contributed by atoms with Crippen molar-refractivity contribution in [3.63, 3.8) is 0 Å². The monoisotopic (exact) mass is 354 g/mol. The second-order valence-corrected chi connectivity index (χ2v) is 9.68. The van der Waals surface area contributed by atoms with Gasteiger partial charge in [0.2, 0.25) is 0 Å². The van der Waals surface area contributed by atoms with Gasteiger partial charge in [-0.1, -0.05) is 13.8 Å².